The smallest absolute Gasteiger partial charge is 0.325 e. The molecule has 0 saturated carbocycles. The molecule has 0 bridgehead atoms. The van der Waals surface area contributed by atoms with Crippen molar-refractivity contribution in [2.75, 3.05) is 0 Å². The van der Waals surface area contributed by atoms with Crippen molar-refractivity contribution in [1.82, 2.24) is 10.2 Å². The predicted octanol–water partition coefficient (Wildman–Crippen LogP) is 1.77. The number of carbonyl (C=O) groups is 2. The van der Waals surface area contributed by atoms with Crippen LogP contribution in [-0.4, -0.2) is 22.9 Å². The average molecular weight is 275 g/mol. The van der Waals surface area contributed by atoms with Crippen molar-refractivity contribution in [1.29, 1.82) is 5.26 Å². The van der Waals surface area contributed by atoms with Crippen LogP contribution in [0.3, 0.4) is 0 Å². The summed E-state index contributed by atoms with van der Waals surface area (Å²) in [5.41, 5.74) is 0.436. The zero-order valence-corrected chi connectivity index (χ0v) is 11.2. The maximum Gasteiger partial charge on any atom is 0.325 e. The summed E-state index contributed by atoms with van der Waals surface area (Å²) < 4.78 is 13.2. The van der Waals surface area contributed by atoms with E-state index < -0.39 is 17.9 Å². The highest BCUT2D eigenvalue weighted by Crippen LogP contribution is 2.18. The molecule has 1 aliphatic rings. The standard InChI is InChI=1S/C14H14FN3O2/c1-8(2)12-13(19)18(14(20)17-12)7-9-3-4-11(15)10(5-9)6-16/h3-5,8,12H,7H2,1-2H3,(H,17,20)/t12-/m0/s1. The molecule has 6 heteroatoms. The molecule has 0 radical (unpaired) electrons. The van der Waals surface area contributed by atoms with Crippen molar-refractivity contribution in [3.63, 3.8) is 0 Å². The lowest BCUT2D eigenvalue weighted by molar-refractivity contribution is -0.128. The van der Waals surface area contributed by atoms with Gasteiger partial charge in [-0.05, 0) is 23.6 Å². The first kappa shape index (κ1) is 14.0. The van der Waals surface area contributed by atoms with Crippen molar-refractivity contribution in [3.05, 3.63) is 35.1 Å². The zero-order chi connectivity index (χ0) is 14.9. The normalized spacial score (nSPS) is 18.4. The topological polar surface area (TPSA) is 73.2 Å². The number of amides is 3. The number of imide groups is 1. The quantitative estimate of drug-likeness (QED) is 0.854. The lowest BCUT2D eigenvalue weighted by Gasteiger charge is -2.14. The first-order valence-electron chi connectivity index (χ1n) is 6.24. The van der Waals surface area contributed by atoms with Crippen LogP contribution in [0, 0.1) is 23.1 Å². The number of hydrogen-bond acceptors (Lipinski definition) is 3. The minimum atomic E-state index is -0.617. The van der Waals surface area contributed by atoms with Gasteiger partial charge in [0.1, 0.15) is 17.9 Å². The highest BCUT2D eigenvalue weighted by molar-refractivity contribution is 6.04. The molecule has 1 N–H and O–H groups in total. The van der Waals surface area contributed by atoms with Crippen LogP contribution in [0.15, 0.2) is 18.2 Å². The summed E-state index contributed by atoms with van der Waals surface area (Å²) in [5.74, 6) is -0.916. The Bertz CT molecular complexity index is 607. The SMILES string of the molecule is CC(C)[C@@H]1NC(=O)N(Cc2ccc(F)c(C#N)c2)C1=O. The third-order valence-corrected chi connectivity index (χ3v) is 3.21. The number of hydrogen-bond donors (Lipinski definition) is 1. The van der Waals surface area contributed by atoms with Gasteiger partial charge in [0.05, 0.1) is 12.1 Å². The number of nitriles is 1. The molecule has 0 unspecified atom stereocenters. The van der Waals surface area contributed by atoms with Gasteiger partial charge in [-0.3, -0.25) is 9.69 Å². The van der Waals surface area contributed by atoms with Crippen LogP contribution in [0.1, 0.15) is 25.0 Å². The molecule has 1 saturated heterocycles. The molecule has 20 heavy (non-hydrogen) atoms. The molecule has 5 nitrogen and oxygen atoms in total. The van der Waals surface area contributed by atoms with Gasteiger partial charge in [-0.2, -0.15) is 5.26 Å². The van der Waals surface area contributed by atoms with Crippen LogP contribution in [0.2, 0.25) is 0 Å². The lowest BCUT2D eigenvalue weighted by atomic mass is 10.0. The van der Waals surface area contributed by atoms with Crippen molar-refractivity contribution in [3.8, 4) is 6.07 Å². The summed E-state index contributed by atoms with van der Waals surface area (Å²) in [6, 6.07) is 4.70. The van der Waals surface area contributed by atoms with Gasteiger partial charge in [0.15, 0.2) is 0 Å². The van der Waals surface area contributed by atoms with E-state index in [1.54, 1.807) is 6.07 Å². The largest absolute Gasteiger partial charge is 0.326 e. The van der Waals surface area contributed by atoms with Gasteiger partial charge in [-0.1, -0.05) is 19.9 Å². The maximum atomic E-state index is 13.2. The van der Waals surface area contributed by atoms with Crippen LogP contribution < -0.4 is 5.32 Å². The molecule has 1 aromatic rings. The molecule has 1 aliphatic heterocycles. The summed E-state index contributed by atoms with van der Waals surface area (Å²) in [6.45, 7) is 3.72. The Hall–Kier alpha value is -2.42. The van der Waals surface area contributed by atoms with Crippen molar-refractivity contribution < 1.29 is 14.0 Å². The predicted molar refractivity (Wildman–Crippen MR) is 68.8 cm³/mol. The van der Waals surface area contributed by atoms with Crippen LogP contribution in [0.25, 0.3) is 0 Å². The van der Waals surface area contributed by atoms with Crippen molar-refractivity contribution >= 4 is 11.9 Å². The van der Waals surface area contributed by atoms with Gasteiger partial charge in [0.25, 0.3) is 5.91 Å². The van der Waals surface area contributed by atoms with Crippen LogP contribution in [0.4, 0.5) is 9.18 Å². The number of nitrogens with zero attached hydrogens (tertiary/aromatic N) is 2. The second-order valence-corrected chi connectivity index (χ2v) is 5.02. The Morgan fingerprint density at radius 3 is 2.70 bits per heavy atom. The van der Waals surface area contributed by atoms with Crippen LogP contribution in [-0.2, 0) is 11.3 Å². The number of halogens is 1. The average Bonchev–Trinajstić information content (AvgIpc) is 2.69. The van der Waals surface area contributed by atoms with E-state index in [0.717, 1.165) is 11.0 Å². The maximum absolute atomic E-state index is 13.2. The Balaban J connectivity index is 2.20. The Morgan fingerprint density at radius 2 is 2.15 bits per heavy atom. The molecular weight excluding hydrogens is 261 g/mol. The lowest BCUT2D eigenvalue weighted by Crippen LogP contribution is -2.34. The molecule has 1 heterocycles. The fraction of sp³-hybridized carbons (Fsp3) is 0.357. The van der Waals surface area contributed by atoms with E-state index in [2.05, 4.69) is 5.32 Å². The van der Waals surface area contributed by atoms with Gasteiger partial charge < -0.3 is 5.32 Å². The second kappa shape index (κ2) is 5.29. The zero-order valence-electron chi connectivity index (χ0n) is 11.2. The Morgan fingerprint density at radius 1 is 1.45 bits per heavy atom. The van der Waals surface area contributed by atoms with Gasteiger partial charge >= 0.3 is 6.03 Å². The van der Waals surface area contributed by atoms with E-state index in [9.17, 15) is 14.0 Å². The highest BCUT2D eigenvalue weighted by Gasteiger charge is 2.39. The summed E-state index contributed by atoms with van der Waals surface area (Å²) >= 11 is 0. The number of carbonyl (C=O) groups excluding carboxylic acids is 2. The first-order chi connectivity index (χ1) is 9.43. The van der Waals surface area contributed by atoms with Crippen LogP contribution in [0.5, 0.6) is 0 Å². The van der Waals surface area contributed by atoms with E-state index in [1.807, 2.05) is 13.8 Å². The second-order valence-electron chi connectivity index (χ2n) is 5.02. The summed E-state index contributed by atoms with van der Waals surface area (Å²) in [7, 11) is 0. The molecule has 0 aliphatic carbocycles. The van der Waals surface area contributed by atoms with Crippen LogP contribution >= 0.6 is 0 Å². The number of urea groups is 1. The Labute approximate surface area is 116 Å². The van der Waals surface area contributed by atoms with E-state index in [1.165, 1.54) is 12.1 Å². The molecule has 3 amide bonds. The molecule has 2 rings (SSSR count). The van der Waals surface area contributed by atoms with Crippen molar-refractivity contribution in [2.45, 2.75) is 26.4 Å². The Kier molecular flexibility index (Phi) is 3.70. The molecule has 104 valence electrons. The minimum absolute atomic E-state index is 0.000614. The highest BCUT2D eigenvalue weighted by atomic mass is 19.1. The number of nitrogens with one attached hydrogen (secondary N) is 1. The van der Waals surface area contributed by atoms with Crippen molar-refractivity contribution in [2.24, 2.45) is 5.92 Å². The van der Waals surface area contributed by atoms with E-state index >= 15 is 0 Å². The van der Waals surface area contributed by atoms with E-state index in [4.69, 9.17) is 5.26 Å². The fourth-order valence-corrected chi connectivity index (χ4v) is 2.08. The summed E-state index contributed by atoms with van der Waals surface area (Å²) in [4.78, 5) is 24.9. The summed E-state index contributed by atoms with van der Waals surface area (Å²) in [6.07, 6.45) is 0. The number of rotatable bonds is 3. The number of benzene rings is 1. The first-order valence-corrected chi connectivity index (χ1v) is 6.24. The minimum Gasteiger partial charge on any atom is -0.326 e. The third kappa shape index (κ3) is 2.48. The molecule has 0 aromatic heterocycles. The van der Waals surface area contributed by atoms with Gasteiger partial charge in [0.2, 0.25) is 0 Å². The molecular formula is C14H14FN3O2. The van der Waals surface area contributed by atoms with Gasteiger partial charge in [-0.25, -0.2) is 9.18 Å². The third-order valence-electron chi connectivity index (χ3n) is 3.21. The molecule has 1 atom stereocenters. The van der Waals surface area contributed by atoms with Gasteiger partial charge in [0, 0.05) is 0 Å². The van der Waals surface area contributed by atoms with E-state index in [0.29, 0.717) is 5.56 Å². The fourth-order valence-electron chi connectivity index (χ4n) is 2.08. The summed E-state index contributed by atoms with van der Waals surface area (Å²) in [5, 5.41) is 11.4. The van der Waals surface area contributed by atoms with E-state index in [-0.39, 0.29) is 23.9 Å². The molecule has 0 spiro atoms. The molecule has 1 fully saturated rings. The molecule has 1 aromatic carbocycles. The monoisotopic (exact) mass is 275 g/mol. The van der Waals surface area contributed by atoms with Gasteiger partial charge in [-0.15, -0.1) is 0 Å².